The third-order valence-electron chi connectivity index (χ3n) is 3.95. The summed E-state index contributed by atoms with van der Waals surface area (Å²) in [4.78, 5) is 8.51. The zero-order valence-electron chi connectivity index (χ0n) is 14.5. The Morgan fingerprint density at radius 1 is 1.19 bits per heavy atom. The van der Waals surface area contributed by atoms with Gasteiger partial charge in [-0.15, -0.1) is 0 Å². The molecule has 2 N–H and O–H groups in total. The number of methoxy groups -OCH3 is 1. The Morgan fingerprint density at radius 3 is 2.65 bits per heavy atom. The van der Waals surface area contributed by atoms with Crippen molar-refractivity contribution in [1.29, 1.82) is 0 Å². The summed E-state index contributed by atoms with van der Waals surface area (Å²) in [6.07, 6.45) is 2.23. The molecule has 0 bridgehead atoms. The summed E-state index contributed by atoms with van der Waals surface area (Å²) in [6, 6.07) is 8.99. The second kappa shape index (κ2) is 8.22. The van der Waals surface area contributed by atoms with Gasteiger partial charge in [0.05, 0.1) is 25.2 Å². The number of hydrogen-bond acceptors (Lipinski definition) is 8. The Morgan fingerprint density at radius 2 is 1.96 bits per heavy atom. The standard InChI is InChI=1S/C17H22N4O4S/c1-24-14-2-4-15(5-3-14)25-10-9-19-17-18-8-6-16(21-17)20-13-7-11-26(22,23)12-13/h2-6,8,13H,7,9-12H2,1H3,(H2,18,19,20,21). The van der Waals surface area contributed by atoms with Gasteiger partial charge < -0.3 is 20.1 Å². The van der Waals surface area contributed by atoms with Gasteiger partial charge in [0.15, 0.2) is 9.84 Å². The van der Waals surface area contributed by atoms with Crippen LogP contribution in [-0.4, -0.2) is 56.2 Å². The maximum absolute atomic E-state index is 11.5. The van der Waals surface area contributed by atoms with Crippen molar-refractivity contribution in [3.8, 4) is 11.5 Å². The predicted molar refractivity (Wildman–Crippen MR) is 99.7 cm³/mol. The summed E-state index contributed by atoms with van der Waals surface area (Å²) in [6.45, 7) is 0.988. The van der Waals surface area contributed by atoms with Crippen LogP contribution in [0.4, 0.5) is 11.8 Å². The van der Waals surface area contributed by atoms with Crippen LogP contribution in [0.25, 0.3) is 0 Å². The molecule has 0 radical (unpaired) electrons. The van der Waals surface area contributed by atoms with E-state index in [-0.39, 0.29) is 17.5 Å². The normalized spacial score (nSPS) is 18.3. The van der Waals surface area contributed by atoms with Crippen molar-refractivity contribution >= 4 is 21.6 Å². The highest BCUT2D eigenvalue weighted by Crippen LogP contribution is 2.18. The molecule has 8 nitrogen and oxygen atoms in total. The summed E-state index contributed by atoms with van der Waals surface area (Å²) in [5.74, 6) is 2.99. The lowest BCUT2D eigenvalue weighted by Crippen LogP contribution is -2.21. The van der Waals surface area contributed by atoms with Gasteiger partial charge in [-0.1, -0.05) is 0 Å². The molecule has 1 atom stereocenters. The fraction of sp³-hybridized carbons (Fsp3) is 0.412. The molecular weight excluding hydrogens is 356 g/mol. The third kappa shape index (κ3) is 5.22. The first-order chi connectivity index (χ1) is 12.5. The van der Waals surface area contributed by atoms with Crippen LogP contribution in [0.5, 0.6) is 11.5 Å². The van der Waals surface area contributed by atoms with Crippen LogP contribution in [0.15, 0.2) is 36.5 Å². The van der Waals surface area contributed by atoms with Gasteiger partial charge >= 0.3 is 0 Å². The second-order valence-electron chi connectivity index (χ2n) is 5.96. The van der Waals surface area contributed by atoms with Gasteiger partial charge in [-0.3, -0.25) is 0 Å². The fourth-order valence-electron chi connectivity index (χ4n) is 2.65. The Balaban J connectivity index is 1.45. The van der Waals surface area contributed by atoms with Crippen LogP contribution in [-0.2, 0) is 9.84 Å². The number of nitrogens with zero attached hydrogens (tertiary/aromatic N) is 2. The Hall–Kier alpha value is -2.55. The molecule has 140 valence electrons. The molecule has 1 fully saturated rings. The van der Waals surface area contributed by atoms with E-state index in [0.29, 0.717) is 31.3 Å². The number of sulfone groups is 1. The minimum absolute atomic E-state index is 0.0962. The molecule has 1 saturated heterocycles. The topological polar surface area (TPSA) is 102 Å². The first-order valence-corrected chi connectivity index (χ1v) is 10.2. The van der Waals surface area contributed by atoms with Crippen molar-refractivity contribution in [3.63, 3.8) is 0 Å². The Bertz CT molecular complexity index is 827. The highest BCUT2D eigenvalue weighted by Gasteiger charge is 2.27. The van der Waals surface area contributed by atoms with Gasteiger partial charge in [0.25, 0.3) is 0 Å². The average Bonchev–Trinajstić information content (AvgIpc) is 2.98. The monoisotopic (exact) mass is 378 g/mol. The van der Waals surface area contributed by atoms with E-state index in [1.54, 1.807) is 19.4 Å². The third-order valence-corrected chi connectivity index (χ3v) is 5.72. The van der Waals surface area contributed by atoms with Gasteiger partial charge in [0.2, 0.25) is 5.95 Å². The van der Waals surface area contributed by atoms with Gasteiger partial charge in [0, 0.05) is 12.2 Å². The zero-order valence-corrected chi connectivity index (χ0v) is 15.3. The largest absolute Gasteiger partial charge is 0.497 e. The highest BCUT2D eigenvalue weighted by atomic mass is 32.2. The molecule has 1 aliphatic heterocycles. The SMILES string of the molecule is COc1ccc(OCCNc2nccc(NC3CCS(=O)(=O)C3)n2)cc1. The molecule has 1 aliphatic rings. The summed E-state index contributed by atoms with van der Waals surface area (Å²) >= 11 is 0. The number of benzene rings is 1. The molecule has 0 saturated carbocycles. The van der Waals surface area contributed by atoms with Gasteiger partial charge in [-0.25, -0.2) is 13.4 Å². The zero-order chi connectivity index (χ0) is 18.4. The Kier molecular flexibility index (Phi) is 5.77. The van der Waals surface area contributed by atoms with Crippen molar-refractivity contribution in [2.75, 3.05) is 42.4 Å². The quantitative estimate of drug-likeness (QED) is 0.668. The van der Waals surface area contributed by atoms with E-state index in [1.165, 1.54) is 0 Å². The molecule has 0 aliphatic carbocycles. The maximum Gasteiger partial charge on any atom is 0.224 e. The van der Waals surface area contributed by atoms with E-state index < -0.39 is 9.84 Å². The van der Waals surface area contributed by atoms with E-state index in [0.717, 1.165) is 11.5 Å². The minimum Gasteiger partial charge on any atom is -0.497 e. The molecule has 2 heterocycles. The van der Waals surface area contributed by atoms with Crippen molar-refractivity contribution in [3.05, 3.63) is 36.5 Å². The molecule has 0 amide bonds. The smallest absolute Gasteiger partial charge is 0.224 e. The lowest BCUT2D eigenvalue weighted by molar-refractivity contribution is 0.331. The van der Waals surface area contributed by atoms with Crippen molar-refractivity contribution in [2.45, 2.75) is 12.5 Å². The first-order valence-electron chi connectivity index (χ1n) is 8.35. The van der Waals surface area contributed by atoms with Crippen molar-refractivity contribution in [2.24, 2.45) is 0 Å². The van der Waals surface area contributed by atoms with Crippen LogP contribution in [0.3, 0.4) is 0 Å². The molecule has 1 aromatic carbocycles. The molecule has 2 aromatic rings. The van der Waals surface area contributed by atoms with E-state index in [2.05, 4.69) is 20.6 Å². The first kappa shape index (κ1) is 18.2. The van der Waals surface area contributed by atoms with Crippen molar-refractivity contribution < 1.29 is 17.9 Å². The molecule has 26 heavy (non-hydrogen) atoms. The van der Waals surface area contributed by atoms with Gasteiger partial charge in [0.1, 0.15) is 23.9 Å². The summed E-state index contributed by atoms with van der Waals surface area (Å²) in [5.41, 5.74) is 0. The van der Waals surface area contributed by atoms with Crippen LogP contribution < -0.4 is 20.1 Å². The lowest BCUT2D eigenvalue weighted by Gasteiger charge is -2.12. The molecule has 1 unspecified atom stereocenters. The number of rotatable bonds is 8. The summed E-state index contributed by atoms with van der Waals surface area (Å²) in [7, 11) is -1.30. The number of ether oxygens (including phenoxy) is 2. The lowest BCUT2D eigenvalue weighted by atomic mass is 10.2. The Labute approximate surface area is 152 Å². The van der Waals surface area contributed by atoms with Gasteiger partial charge in [-0.2, -0.15) is 4.98 Å². The fourth-order valence-corrected chi connectivity index (χ4v) is 4.32. The van der Waals surface area contributed by atoms with E-state index in [4.69, 9.17) is 9.47 Å². The van der Waals surface area contributed by atoms with Crippen LogP contribution in [0.2, 0.25) is 0 Å². The van der Waals surface area contributed by atoms with Crippen molar-refractivity contribution in [1.82, 2.24) is 9.97 Å². The summed E-state index contributed by atoms with van der Waals surface area (Å²) in [5, 5.41) is 6.24. The number of nitrogens with one attached hydrogen (secondary N) is 2. The second-order valence-corrected chi connectivity index (χ2v) is 8.19. The van der Waals surface area contributed by atoms with E-state index in [9.17, 15) is 8.42 Å². The molecule has 9 heteroatoms. The molecule has 3 rings (SSSR count). The van der Waals surface area contributed by atoms with Gasteiger partial charge in [-0.05, 0) is 36.8 Å². The number of hydrogen-bond donors (Lipinski definition) is 2. The number of anilines is 2. The van der Waals surface area contributed by atoms with Crippen LogP contribution >= 0.6 is 0 Å². The highest BCUT2D eigenvalue weighted by molar-refractivity contribution is 7.91. The molecule has 1 aromatic heterocycles. The predicted octanol–water partition coefficient (Wildman–Crippen LogP) is 1.58. The molecular formula is C17H22N4O4S. The minimum atomic E-state index is -2.92. The van der Waals surface area contributed by atoms with E-state index in [1.807, 2.05) is 24.3 Å². The van der Waals surface area contributed by atoms with Crippen LogP contribution in [0, 0.1) is 0 Å². The molecule has 0 spiro atoms. The van der Waals surface area contributed by atoms with Crippen LogP contribution in [0.1, 0.15) is 6.42 Å². The average molecular weight is 378 g/mol. The van der Waals surface area contributed by atoms with E-state index >= 15 is 0 Å². The summed E-state index contributed by atoms with van der Waals surface area (Å²) < 4.78 is 33.8. The number of aromatic nitrogens is 2. The maximum atomic E-state index is 11.5.